The summed E-state index contributed by atoms with van der Waals surface area (Å²) in [7, 11) is 0. The Bertz CT molecular complexity index is 827. The van der Waals surface area contributed by atoms with Crippen LogP contribution in [0.5, 0.6) is 0 Å². The highest BCUT2D eigenvalue weighted by Gasteiger charge is 2.05. The fourth-order valence-electron chi connectivity index (χ4n) is 2.39. The topological polar surface area (TPSA) is 49.8 Å². The van der Waals surface area contributed by atoms with E-state index in [2.05, 4.69) is 52.6 Å². The number of hydrogen-bond donors (Lipinski definition) is 2. The van der Waals surface area contributed by atoms with Crippen LogP contribution in [0.3, 0.4) is 0 Å². The van der Waals surface area contributed by atoms with E-state index in [0.717, 1.165) is 28.5 Å². The van der Waals surface area contributed by atoms with E-state index >= 15 is 0 Å². The van der Waals surface area contributed by atoms with Gasteiger partial charge in [0.25, 0.3) is 0 Å². The molecule has 0 bridgehead atoms. The van der Waals surface area contributed by atoms with E-state index in [0.29, 0.717) is 5.95 Å². The quantitative estimate of drug-likeness (QED) is 0.720. The maximum Gasteiger partial charge on any atom is 0.229 e. The maximum atomic E-state index is 4.56. The van der Waals surface area contributed by atoms with Crippen molar-refractivity contribution in [3.8, 4) is 0 Å². The number of nitrogens with zero attached hydrogens (tertiary/aromatic N) is 2. The molecule has 0 spiro atoms. The third-order valence-electron chi connectivity index (χ3n) is 3.54. The third kappa shape index (κ3) is 3.86. The fourth-order valence-corrected chi connectivity index (χ4v) is 2.39. The van der Waals surface area contributed by atoms with Gasteiger partial charge in [0, 0.05) is 23.1 Å². The van der Waals surface area contributed by atoms with Crippen molar-refractivity contribution in [1.29, 1.82) is 0 Å². The minimum absolute atomic E-state index is 0.592. The van der Waals surface area contributed by atoms with Gasteiger partial charge < -0.3 is 10.6 Å². The van der Waals surface area contributed by atoms with Gasteiger partial charge >= 0.3 is 0 Å². The zero-order chi connectivity index (χ0) is 16.2. The summed E-state index contributed by atoms with van der Waals surface area (Å²) in [4.78, 5) is 9.03. The Kier molecular flexibility index (Phi) is 4.24. The monoisotopic (exact) mass is 304 g/mol. The van der Waals surface area contributed by atoms with Gasteiger partial charge in [0.1, 0.15) is 5.82 Å². The third-order valence-corrected chi connectivity index (χ3v) is 3.54. The van der Waals surface area contributed by atoms with Crippen molar-refractivity contribution in [3.63, 3.8) is 0 Å². The molecule has 4 heteroatoms. The zero-order valence-electron chi connectivity index (χ0n) is 13.6. The molecular weight excluding hydrogens is 284 g/mol. The van der Waals surface area contributed by atoms with Crippen LogP contribution in [-0.4, -0.2) is 9.97 Å². The van der Waals surface area contributed by atoms with Gasteiger partial charge in [-0.05, 0) is 50.1 Å². The molecule has 116 valence electrons. The summed E-state index contributed by atoms with van der Waals surface area (Å²) in [5.74, 6) is 1.37. The number of rotatable bonds is 4. The Hall–Kier alpha value is -2.88. The van der Waals surface area contributed by atoms with Crippen LogP contribution < -0.4 is 10.6 Å². The van der Waals surface area contributed by atoms with E-state index in [9.17, 15) is 0 Å². The predicted molar refractivity (Wildman–Crippen MR) is 95.7 cm³/mol. The first-order valence-electron chi connectivity index (χ1n) is 7.62. The first kappa shape index (κ1) is 15.0. The number of benzene rings is 2. The van der Waals surface area contributed by atoms with E-state index in [1.807, 2.05) is 43.3 Å². The first-order chi connectivity index (χ1) is 11.1. The average Bonchev–Trinajstić information content (AvgIpc) is 2.49. The molecule has 2 aromatic carbocycles. The molecule has 3 rings (SSSR count). The Morgan fingerprint density at radius 1 is 0.783 bits per heavy atom. The van der Waals surface area contributed by atoms with Crippen LogP contribution in [0, 0.1) is 20.8 Å². The molecule has 0 aliphatic heterocycles. The number of anilines is 4. The summed E-state index contributed by atoms with van der Waals surface area (Å²) in [5.41, 5.74) is 5.31. The molecular formula is C19H20N4. The summed E-state index contributed by atoms with van der Waals surface area (Å²) in [5, 5.41) is 6.62. The molecule has 0 saturated carbocycles. The molecule has 0 saturated heterocycles. The van der Waals surface area contributed by atoms with Gasteiger partial charge in [0.15, 0.2) is 0 Å². The Balaban J connectivity index is 1.86. The molecule has 1 heterocycles. The van der Waals surface area contributed by atoms with Crippen molar-refractivity contribution < 1.29 is 0 Å². The van der Waals surface area contributed by atoms with E-state index in [-0.39, 0.29) is 0 Å². The molecule has 3 aromatic rings. The highest BCUT2D eigenvalue weighted by atomic mass is 15.1. The Labute approximate surface area is 136 Å². The summed E-state index contributed by atoms with van der Waals surface area (Å²) >= 11 is 0. The van der Waals surface area contributed by atoms with Crippen LogP contribution in [0.1, 0.15) is 16.8 Å². The van der Waals surface area contributed by atoms with Gasteiger partial charge in [0.2, 0.25) is 5.95 Å². The van der Waals surface area contributed by atoms with Crippen LogP contribution in [-0.2, 0) is 0 Å². The van der Waals surface area contributed by atoms with Crippen molar-refractivity contribution in [3.05, 3.63) is 71.4 Å². The molecule has 0 unspecified atom stereocenters. The van der Waals surface area contributed by atoms with Gasteiger partial charge in [0.05, 0.1) is 0 Å². The van der Waals surface area contributed by atoms with Crippen LogP contribution in [0.15, 0.2) is 54.6 Å². The second-order valence-electron chi connectivity index (χ2n) is 5.65. The lowest BCUT2D eigenvalue weighted by atomic mass is 10.2. The van der Waals surface area contributed by atoms with Crippen LogP contribution in [0.25, 0.3) is 0 Å². The molecule has 0 aliphatic rings. The van der Waals surface area contributed by atoms with Crippen molar-refractivity contribution in [2.45, 2.75) is 20.8 Å². The summed E-state index contributed by atoms with van der Waals surface area (Å²) in [6, 6.07) is 18.2. The van der Waals surface area contributed by atoms with Gasteiger partial charge in [-0.2, -0.15) is 4.98 Å². The highest BCUT2D eigenvalue weighted by molar-refractivity contribution is 5.62. The van der Waals surface area contributed by atoms with Gasteiger partial charge in [-0.25, -0.2) is 4.98 Å². The van der Waals surface area contributed by atoms with Crippen LogP contribution in [0.2, 0.25) is 0 Å². The van der Waals surface area contributed by atoms with Crippen molar-refractivity contribution in [2.24, 2.45) is 0 Å². The van der Waals surface area contributed by atoms with Gasteiger partial charge in [-0.1, -0.05) is 30.3 Å². The van der Waals surface area contributed by atoms with Crippen LogP contribution in [0.4, 0.5) is 23.1 Å². The lowest BCUT2D eigenvalue weighted by molar-refractivity contribution is 1.10. The standard InChI is InChI=1S/C19H20N4/c1-13-7-6-9-16(11-13)21-18-12-15(3)20-19(23-18)22-17-10-5-4-8-14(17)2/h4-12H,1-3H3,(H2,20,21,22,23). The molecule has 0 radical (unpaired) electrons. The maximum absolute atomic E-state index is 4.56. The lowest BCUT2D eigenvalue weighted by Gasteiger charge is -2.11. The SMILES string of the molecule is Cc1cccc(Nc2cc(C)nc(Nc3ccccc3C)n2)c1. The minimum atomic E-state index is 0.592. The van der Waals surface area contributed by atoms with Gasteiger partial charge in [-0.15, -0.1) is 0 Å². The van der Waals surface area contributed by atoms with Crippen LogP contribution >= 0.6 is 0 Å². The highest BCUT2D eigenvalue weighted by Crippen LogP contribution is 2.21. The average molecular weight is 304 g/mol. The summed E-state index contributed by atoms with van der Waals surface area (Å²) in [6.45, 7) is 6.09. The van der Waals surface area contributed by atoms with Crippen molar-refractivity contribution >= 4 is 23.1 Å². The van der Waals surface area contributed by atoms with E-state index in [1.165, 1.54) is 5.56 Å². The number of aryl methyl sites for hydroxylation is 3. The largest absolute Gasteiger partial charge is 0.340 e. The summed E-state index contributed by atoms with van der Waals surface area (Å²) < 4.78 is 0. The van der Waals surface area contributed by atoms with Crippen molar-refractivity contribution in [2.75, 3.05) is 10.6 Å². The first-order valence-corrected chi connectivity index (χ1v) is 7.62. The zero-order valence-corrected chi connectivity index (χ0v) is 13.6. The van der Waals surface area contributed by atoms with Crippen molar-refractivity contribution in [1.82, 2.24) is 9.97 Å². The fraction of sp³-hybridized carbons (Fsp3) is 0.158. The number of hydrogen-bond acceptors (Lipinski definition) is 4. The normalized spacial score (nSPS) is 10.4. The Morgan fingerprint density at radius 3 is 2.39 bits per heavy atom. The number of aromatic nitrogens is 2. The smallest absolute Gasteiger partial charge is 0.229 e. The molecule has 0 amide bonds. The van der Waals surface area contributed by atoms with E-state index in [4.69, 9.17) is 0 Å². The predicted octanol–water partition coefficient (Wildman–Crippen LogP) is 4.89. The lowest BCUT2D eigenvalue weighted by Crippen LogP contribution is -2.03. The van der Waals surface area contributed by atoms with Gasteiger partial charge in [-0.3, -0.25) is 0 Å². The number of nitrogens with one attached hydrogen (secondary N) is 2. The number of para-hydroxylation sites is 1. The Morgan fingerprint density at radius 2 is 1.61 bits per heavy atom. The second-order valence-corrected chi connectivity index (χ2v) is 5.65. The van der Waals surface area contributed by atoms with E-state index in [1.54, 1.807) is 0 Å². The molecule has 0 fully saturated rings. The van der Waals surface area contributed by atoms with E-state index < -0.39 is 0 Å². The summed E-state index contributed by atoms with van der Waals surface area (Å²) in [6.07, 6.45) is 0. The molecule has 0 aliphatic carbocycles. The molecule has 1 aromatic heterocycles. The molecule has 23 heavy (non-hydrogen) atoms. The minimum Gasteiger partial charge on any atom is -0.340 e. The second kappa shape index (κ2) is 6.48. The molecule has 2 N–H and O–H groups in total. The molecule has 4 nitrogen and oxygen atoms in total. The molecule has 0 atom stereocenters.